The number of carbonyl (C=O) groups is 1. The van der Waals surface area contributed by atoms with E-state index in [9.17, 15) is 4.79 Å². The number of hydrogen-bond acceptors (Lipinski definition) is 5. The van der Waals surface area contributed by atoms with Gasteiger partial charge in [0.05, 0.1) is 6.54 Å². The number of nitrogens with zero attached hydrogens (tertiary/aromatic N) is 3. The summed E-state index contributed by atoms with van der Waals surface area (Å²) in [5.74, 6) is 2.57. The molecule has 2 aromatic rings. The zero-order valence-corrected chi connectivity index (χ0v) is 17.4. The fraction of sp³-hybridized carbons (Fsp3) is 0.524. The van der Waals surface area contributed by atoms with Crippen LogP contribution in [0.3, 0.4) is 0 Å². The number of para-hydroxylation sites is 1. The molecule has 1 amide bonds. The Kier molecular flexibility index (Phi) is 7.21. The van der Waals surface area contributed by atoms with E-state index in [1.807, 2.05) is 39.0 Å². The van der Waals surface area contributed by atoms with Gasteiger partial charge in [-0.05, 0) is 25.0 Å². The third kappa shape index (κ3) is 5.79. The number of hydrogen-bond donors (Lipinski definition) is 3. The highest BCUT2D eigenvalue weighted by molar-refractivity contribution is 5.94. The van der Waals surface area contributed by atoms with E-state index >= 15 is 0 Å². The number of aryl methyl sites for hydroxylation is 1. The van der Waals surface area contributed by atoms with E-state index in [1.54, 1.807) is 0 Å². The van der Waals surface area contributed by atoms with Gasteiger partial charge in [-0.15, -0.1) is 0 Å². The van der Waals surface area contributed by atoms with E-state index in [0.717, 1.165) is 49.0 Å². The number of carbonyl (C=O) groups excluding carboxylic acids is 1. The van der Waals surface area contributed by atoms with Crippen molar-refractivity contribution in [2.24, 2.45) is 4.99 Å². The van der Waals surface area contributed by atoms with Crippen molar-refractivity contribution in [3.05, 3.63) is 41.5 Å². The van der Waals surface area contributed by atoms with Crippen LogP contribution in [0.1, 0.15) is 62.7 Å². The van der Waals surface area contributed by atoms with Gasteiger partial charge >= 0.3 is 0 Å². The molecule has 1 aliphatic heterocycles. The van der Waals surface area contributed by atoms with Gasteiger partial charge in [0.1, 0.15) is 0 Å². The zero-order valence-electron chi connectivity index (χ0n) is 17.4. The minimum Gasteiger partial charge on any atom is -0.357 e. The van der Waals surface area contributed by atoms with Crippen molar-refractivity contribution in [3.63, 3.8) is 0 Å². The number of aliphatic imine (C=N–C) groups is 1. The number of anilines is 1. The molecule has 3 rings (SSSR count). The Morgan fingerprint density at radius 1 is 1.34 bits per heavy atom. The third-order valence-corrected chi connectivity index (χ3v) is 4.78. The summed E-state index contributed by atoms with van der Waals surface area (Å²) in [4.78, 5) is 21.1. The van der Waals surface area contributed by atoms with E-state index in [4.69, 9.17) is 9.52 Å². The highest BCUT2D eigenvalue weighted by atomic mass is 16.5. The molecule has 0 bridgehead atoms. The van der Waals surface area contributed by atoms with Crippen molar-refractivity contribution >= 4 is 17.6 Å². The highest BCUT2D eigenvalue weighted by Gasteiger charge is 2.24. The summed E-state index contributed by atoms with van der Waals surface area (Å²) in [6.45, 7) is 8.20. The molecule has 8 heteroatoms. The number of nitrogens with one attached hydrogen (secondary N) is 3. The van der Waals surface area contributed by atoms with Crippen molar-refractivity contribution in [1.82, 2.24) is 20.8 Å². The van der Waals surface area contributed by atoms with Crippen LogP contribution in [0.2, 0.25) is 0 Å². The van der Waals surface area contributed by atoms with E-state index in [2.05, 4.69) is 32.2 Å². The molecule has 0 aliphatic carbocycles. The van der Waals surface area contributed by atoms with Gasteiger partial charge < -0.3 is 20.5 Å². The van der Waals surface area contributed by atoms with Gasteiger partial charge in [-0.3, -0.25) is 9.79 Å². The maximum atomic E-state index is 12.0. The molecular weight excluding hydrogens is 368 g/mol. The molecule has 1 aromatic heterocycles. The summed E-state index contributed by atoms with van der Waals surface area (Å²) >= 11 is 0. The van der Waals surface area contributed by atoms with Gasteiger partial charge in [-0.1, -0.05) is 37.2 Å². The molecule has 1 atom stereocenters. The van der Waals surface area contributed by atoms with Crippen LogP contribution in [-0.2, 0) is 11.2 Å². The molecule has 0 saturated carbocycles. The summed E-state index contributed by atoms with van der Waals surface area (Å²) in [6, 6.07) is 7.93. The molecule has 3 N–H and O–H groups in total. The molecule has 156 valence electrons. The fourth-order valence-electron chi connectivity index (χ4n) is 3.26. The molecule has 0 saturated heterocycles. The van der Waals surface area contributed by atoms with Crippen LogP contribution in [0.25, 0.3) is 0 Å². The second kappa shape index (κ2) is 10.0. The number of fused-ring (bicyclic) bond motifs is 1. The molecule has 0 spiro atoms. The fourth-order valence-corrected chi connectivity index (χ4v) is 3.26. The minimum absolute atomic E-state index is 0.0437. The quantitative estimate of drug-likeness (QED) is 0.359. The average Bonchev–Trinajstić information content (AvgIpc) is 3.18. The lowest BCUT2D eigenvalue weighted by Gasteiger charge is -2.24. The van der Waals surface area contributed by atoms with Crippen LogP contribution in [0.4, 0.5) is 5.69 Å². The van der Waals surface area contributed by atoms with Gasteiger partial charge in [-0.25, -0.2) is 0 Å². The van der Waals surface area contributed by atoms with Crippen LogP contribution < -0.4 is 16.0 Å². The highest BCUT2D eigenvalue weighted by Crippen LogP contribution is 2.31. The Morgan fingerprint density at radius 3 is 2.93 bits per heavy atom. The lowest BCUT2D eigenvalue weighted by Crippen LogP contribution is -2.38. The summed E-state index contributed by atoms with van der Waals surface area (Å²) in [6.07, 6.45) is 2.04. The molecule has 1 aliphatic rings. The predicted molar refractivity (Wildman–Crippen MR) is 113 cm³/mol. The zero-order chi connectivity index (χ0) is 20.6. The largest absolute Gasteiger partial charge is 0.357 e. The van der Waals surface area contributed by atoms with Crippen molar-refractivity contribution in [2.75, 3.05) is 25.0 Å². The maximum absolute atomic E-state index is 12.0. The van der Waals surface area contributed by atoms with Crippen molar-refractivity contribution < 1.29 is 9.32 Å². The Bertz CT molecular complexity index is 845. The standard InChI is InChI=1S/C21H30N6O2/c1-4-22-21(23-11-7-10-19-26-20(14(2)3)27-29-19)24-13-15-12-18(28)25-17-9-6-5-8-16(15)17/h5-6,8-9,14-15H,4,7,10-13H2,1-3H3,(H,25,28)(H2,22,23,24). The molecule has 0 fully saturated rings. The number of rotatable bonds is 8. The van der Waals surface area contributed by atoms with Crippen LogP contribution in [-0.4, -0.2) is 41.6 Å². The number of aromatic nitrogens is 2. The summed E-state index contributed by atoms with van der Waals surface area (Å²) in [5, 5.41) is 13.5. The molecule has 1 unspecified atom stereocenters. The first-order valence-corrected chi connectivity index (χ1v) is 10.3. The SMILES string of the molecule is CCNC(=NCC1CC(=O)Nc2ccccc21)NCCCc1nc(C(C)C)no1. The first-order valence-electron chi connectivity index (χ1n) is 10.3. The minimum atomic E-state index is 0.0437. The lowest BCUT2D eigenvalue weighted by atomic mass is 9.91. The van der Waals surface area contributed by atoms with E-state index < -0.39 is 0 Å². The first-order chi connectivity index (χ1) is 14.1. The lowest BCUT2D eigenvalue weighted by molar-refractivity contribution is -0.116. The Morgan fingerprint density at radius 2 is 2.17 bits per heavy atom. The topological polar surface area (TPSA) is 104 Å². The number of amides is 1. The van der Waals surface area contributed by atoms with Gasteiger partial charge in [0.25, 0.3) is 0 Å². The second-order valence-electron chi connectivity index (χ2n) is 7.49. The van der Waals surface area contributed by atoms with Crippen molar-refractivity contribution in [3.8, 4) is 0 Å². The average molecular weight is 399 g/mol. The molecular formula is C21H30N6O2. The molecule has 29 heavy (non-hydrogen) atoms. The predicted octanol–water partition coefficient (Wildman–Crippen LogP) is 2.81. The molecule has 0 radical (unpaired) electrons. The van der Waals surface area contributed by atoms with Gasteiger partial charge in [0.15, 0.2) is 11.8 Å². The van der Waals surface area contributed by atoms with Crippen LogP contribution in [0.5, 0.6) is 0 Å². The second-order valence-corrected chi connectivity index (χ2v) is 7.49. The number of benzene rings is 1. The molecule has 8 nitrogen and oxygen atoms in total. The van der Waals surface area contributed by atoms with E-state index in [0.29, 0.717) is 18.9 Å². The normalized spacial score (nSPS) is 16.5. The maximum Gasteiger partial charge on any atom is 0.226 e. The smallest absolute Gasteiger partial charge is 0.226 e. The van der Waals surface area contributed by atoms with E-state index in [-0.39, 0.29) is 17.7 Å². The van der Waals surface area contributed by atoms with Crippen molar-refractivity contribution in [1.29, 1.82) is 0 Å². The van der Waals surface area contributed by atoms with Gasteiger partial charge in [0, 0.05) is 43.5 Å². The Balaban J connectivity index is 1.52. The Labute approximate surface area is 171 Å². The summed E-state index contributed by atoms with van der Waals surface area (Å²) in [7, 11) is 0. The van der Waals surface area contributed by atoms with Crippen LogP contribution in [0.15, 0.2) is 33.8 Å². The van der Waals surface area contributed by atoms with Crippen LogP contribution in [0, 0.1) is 0 Å². The third-order valence-electron chi connectivity index (χ3n) is 4.78. The molecule has 1 aromatic carbocycles. The van der Waals surface area contributed by atoms with Crippen LogP contribution >= 0.6 is 0 Å². The first kappa shape index (κ1) is 20.8. The summed E-state index contributed by atoms with van der Waals surface area (Å²) in [5.41, 5.74) is 2.03. The summed E-state index contributed by atoms with van der Waals surface area (Å²) < 4.78 is 5.28. The van der Waals surface area contributed by atoms with Crippen molar-refractivity contribution in [2.45, 2.75) is 51.9 Å². The monoisotopic (exact) mass is 398 g/mol. The number of guanidine groups is 1. The van der Waals surface area contributed by atoms with E-state index in [1.165, 1.54) is 0 Å². The Hall–Kier alpha value is -2.90. The van der Waals surface area contributed by atoms with Gasteiger partial charge in [-0.2, -0.15) is 4.98 Å². The van der Waals surface area contributed by atoms with Gasteiger partial charge in [0.2, 0.25) is 11.8 Å². The molecule has 2 heterocycles.